The van der Waals surface area contributed by atoms with Crippen LogP contribution < -0.4 is 4.90 Å². The third-order valence-corrected chi connectivity index (χ3v) is 5.60. The van der Waals surface area contributed by atoms with E-state index in [2.05, 4.69) is 9.97 Å². The number of benzene rings is 2. The van der Waals surface area contributed by atoms with Crippen LogP contribution in [0.2, 0.25) is 0 Å². The van der Waals surface area contributed by atoms with Gasteiger partial charge >= 0.3 is 12.1 Å². The fraction of sp³-hybridized carbons (Fsp3) is 0.300. The molecule has 1 spiro atoms. The molecule has 1 saturated heterocycles. The Morgan fingerprint density at radius 2 is 1.82 bits per heavy atom. The molecule has 3 heterocycles. The van der Waals surface area contributed by atoms with E-state index in [0.717, 1.165) is 11.6 Å². The van der Waals surface area contributed by atoms with Gasteiger partial charge in [0.05, 0.1) is 16.6 Å². The number of halogens is 3. The van der Waals surface area contributed by atoms with Crippen molar-refractivity contribution in [2.75, 3.05) is 18.0 Å². The molecule has 5 rings (SSSR count). The first-order valence-electron chi connectivity index (χ1n) is 9.01. The summed E-state index contributed by atoms with van der Waals surface area (Å²) in [4.78, 5) is 21.3. The summed E-state index contributed by atoms with van der Waals surface area (Å²) in [7, 11) is 0. The highest BCUT2D eigenvalue weighted by Gasteiger charge is 2.47. The van der Waals surface area contributed by atoms with E-state index in [1.54, 1.807) is 18.2 Å². The largest absolute Gasteiger partial charge is 0.450 e. The van der Waals surface area contributed by atoms with E-state index in [1.165, 1.54) is 6.07 Å². The summed E-state index contributed by atoms with van der Waals surface area (Å²) in [5.41, 5.74) is 0.344. The van der Waals surface area contributed by atoms with Gasteiger partial charge in [-0.3, -0.25) is 0 Å². The van der Waals surface area contributed by atoms with Crippen molar-refractivity contribution in [3.8, 4) is 0 Å². The van der Waals surface area contributed by atoms with Gasteiger partial charge in [-0.05, 0) is 18.2 Å². The van der Waals surface area contributed by atoms with E-state index in [4.69, 9.17) is 4.74 Å². The maximum Gasteiger partial charge on any atom is 0.418 e. The number of rotatable bonds is 1. The molecule has 28 heavy (non-hydrogen) atoms. The molecule has 0 aliphatic carbocycles. The molecule has 5 nitrogen and oxygen atoms in total. The number of carbonyl (C=O) groups excluding carboxylic acids is 1. The summed E-state index contributed by atoms with van der Waals surface area (Å²) in [5.74, 6) is 0.0850. The summed E-state index contributed by atoms with van der Waals surface area (Å²) in [5, 5.41) is 0. The number of nitrogens with zero attached hydrogens (tertiary/aromatic N) is 2. The topological polar surface area (TPSA) is 58.2 Å². The molecule has 0 bridgehead atoms. The molecule has 2 aliphatic rings. The van der Waals surface area contributed by atoms with Gasteiger partial charge < -0.3 is 14.6 Å². The Labute approximate surface area is 158 Å². The number of aromatic nitrogens is 2. The first-order chi connectivity index (χ1) is 13.4. The monoisotopic (exact) mass is 387 g/mol. The number of aromatic amines is 1. The van der Waals surface area contributed by atoms with Crippen LogP contribution in [0.15, 0.2) is 42.5 Å². The number of hydrogen-bond acceptors (Lipinski definition) is 4. The highest BCUT2D eigenvalue weighted by atomic mass is 19.4. The zero-order valence-electron chi connectivity index (χ0n) is 14.7. The molecule has 1 N–H and O–H groups in total. The van der Waals surface area contributed by atoms with Crippen molar-refractivity contribution in [1.29, 1.82) is 0 Å². The molecule has 0 atom stereocenters. The van der Waals surface area contributed by atoms with Crippen molar-refractivity contribution >= 4 is 23.0 Å². The molecule has 0 radical (unpaired) electrons. The van der Waals surface area contributed by atoms with Crippen LogP contribution in [0.4, 0.5) is 19.1 Å². The molecule has 1 fully saturated rings. The molecule has 0 saturated carbocycles. The Balaban J connectivity index is 1.43. The predicted octanol–water partition coefficient (Wildman–Crippen LogP) is 4.25. The average Bonchev–Trinajstić information content (AvgIpc) is 3.22. The van der Waals surface area contributed by atoms with E-state index >= 15 is 0 Å². The highest BCUT2D eigenvalue weighted by Crippen LogP contribution is 2.44. The third kappa shape index (κ3) is 2.47. The maximum atomic E-state index is 13.2. The van der Waals surface area contributed by atoms with Crippen LogP contribution in [0.1, 0.15) is 34.3 Å². The fourth-order valence-corrected chi connectivity index (χ4v) is 4.19. The zero-order chi connectivity index (χ0) is 19.5. The van der Waals surface area contributed by atoms with Crippen molar-refractivity contribution in [2.45, 2.75) is 24.6 Å². The van der Waals surface area contributed by atoms with Gasteiger partial charge in [-0.2, -0.15) is 13.2 Å². The molecule has 0 unspecified atom stereocenters. The molecule has 0 amide bonds. The van der Waals surface area contributed by atoms with E-state index in [-0.39, 0.29) is 11.5 Å². The number of H-pyrrole nitrogens is 1. The molecule has 144 valence electrons. The summed E-state index contributed by atoms with van der Waals surface area (Å²) in [6.45, 7) is 1.03. The summed E-state index contributed by atoms with van der Waals surface area (Å²) >= 11 is 0. The lowest BCUT2D eigenvalue weighted by Crippen LogP contribution is -2.43. The zero-order valence-corrected chi connectivity index (χ0v) is 14.7. The van der Waals surface area contributed by atoms with Crippen LogP contribution in [-0.4, -0.2) is 29.0 Å². The highest BCUT2D eigenvalue weighted by molar-refractivity contribution is 5.94. The Kier molecular flexibility index (Phi) is 3.50. The van der Waals surface area contributed by atoms with Crippen LogP contribution in [0.5, 0.6) is 0 Å². The van der Waals surface area contributed by atoms with Crippen molar-refractivity contribution < 1.29 is 22.7 Å². The van der Waals surface area contributed by atoms with E-state index in [9.17, 15) is 18.0 Å². The first-order valence-corrected chi connectivity index (χ1v) is 9.01. The van der Waals surface area contributed by atoms with Gasteiger partial charge in [-0.25, -0.2) is 9.78 Å². The van der Waals surface area contributed by atoms with Gasteiger partial charge in [0.15, 0.2) is 0 Å². The van der Waals surface area contributed by atoms with Crippen LogP contribution in [-0.2, 0) is 16.5 Å². The molecule has 8 heteroatoms. The lowest BCUT2D eigenvalue weighted by molar-refractivity contribution is -0.136. The number of esters is 1. The number of hydrogen-bond donors (Lipinski definition) is 1. The lowest BCUT2D eigenvalue weighted by Gasteiger charge is -2.38. The van der Waals surface area contributed by atoms with E-state index < -0.39 is 17.3 Å². The normalized spacial score (nSPS) is 18.5. The second-order valence-corrected chi connectivity index (χ2v) is 7.18. The van der Waals surface area contributed by atoms with Crippen LogP contribution in [0.3, 0.4) is 0 Å². The smallest absolute Gasteiger partial charge is 0.418 e. The van der Waals surface area contributed by atoms with Gasteiger partial charge in [0.2, 0.25) is 5.95 Å². The van der Waals surface area contributed by atoms with Crippen molar-refractivity contribution in [1.82, 2.24) is 9.97 Å². The Morgan fingerprint density at radius 3 is 2.57 bits per heavy atom. The second-order valence-electron chi connectivity index (χ2n) is 7.18. The summed E-state index contributed by atoms with van der Waals surface area (Å²) in [6.07, 6.45) is -3.35. The SMILES string of the molecule is O=C1OC2(CCN(c3nc4c(C(F)(F)F)cccc4[nH]3)CC2)c2ccccc21. The third-order valence-electron chi connectivity index (χ3n) is 5.60. The van der Waals surface area contributed by atoms with Crippen LogP contribution >= 0.6 is 0 Å². The minimum Gasteiger partial charge on any atom is -0.450 e. The predicted molar refractivity (Wildman–Crippen MR) is 96.1 cm³/mol. The second kappa shape index (κ2) is 5.73. The van der Waals surface area contributed by atoms with Crippen LogP contribution in [0, 0.1) is 0 Å². The molecule has 1 aromatic heterocycles. The van der Waals surface area contributed by atoms with E-state index in [0.29, 0.717) is 43.0 Å². The van der Waals surface area contributed by atoms with Gasteiger partial charge in [0.25, 0.3) is 0 Å². The standard InChI is InChI=1S/C20H16F3N3O2/c21-20(22,23)14-6-3-7-15-16(14)25-18(24-15)26-10-8-19(9-11-26)13-5-2-1-4-12(13)17(27)28-19/h1-7H,8-11H2,(H,24,25). The number of anilines is 1. The fourth-order valence-electron chi connectivity index (χ4n) is 4.19. The molecular weight excluding hydrogens is 371 g/mol. The summed E-state index contributed by atoms with van der Waals surface area (Å²) < 4.78 is 45.4. The molecular formula is C20H16F3N3O2. The summed E-state index contributed by atoms with van der Waals surface area (Å²) in [6, 6.07) is 11.3. The van der Waals surface area contributed by atoms with E-state index in [1.807, 2.05) is 17.0 Å². The number of carbonyl (C=O) groups is 1. The number of imidazole rings is 1. The van der Waals surface area contributed by atoms with Crippen molar-refractivity contribution in [3.05, 3.63) is 59.2 Å². The molecule has 2 aromatic carbocycles. The number of para-hydroxylation sites is 1. The minimum absolute atomic E-state index is 0.0806. The molecule has 3 aromatic rings. The van der Waals surface area contributed by atoms with Crippen molar-refractivity contribution in [3.63, 3.8) is 0 Å². The van der Waals surface area contributed by atoms with Gasteiger partial charge in [-0.15, -0.1) is 0 Å². The number of nitrogens with one attached hydrogen (secondary N) is 1. The Hall–Kier alpha value is -3.03. The number of fused-ring (bicyclic) bond motifs is 3. The minimum atomic E-state index is -4.46. The number of alkyl halides is 3. The number of piperidine rings is 1. The van der Waals surface area contributed by atoms with Gasteiger partial charge in [-0.1, -0.05) is 24.3 Å². The Bertz CT molecular complexity index is 1080. The van der Waals surface area contributed by atoms with Gasteiger partial charge in [0.1, 0.15) is 11.1 Å². The quantitative estimate of drug-likeness (QED) is 0.635. The first kappa shape index (κ1) is 17.1. The Morgan fingerprint density at radius 1 is 1.07 bits per heavy atom. The van der Waals surface area contributed by atoms with Gasteiger partial charge in [0, 0.05) is 31.5 Å². The average molecular weight is 387 g/mol. The molecule has 2 aliphatic heterocycles. The number of ether oxygens (including phenoxy) is 1. The van der Waals surface area contributed by atoms with Crippen molar-refractivity contribution in [2.24, 2.45) is 0 Å². The lowest BCUT2D eigenvalue weighted by atomic mass is 9.84. The van der Waals surface area contributed by atoms with Crippen LogP contribution in [0.25, 0.3) is 11.0 Å². The maximum absolute atomic E-state index is 13.2.